The van der Waals surface area contributed by atoms with Crippen LogP contribution < -0.4 is 5.32 Å². The monoisotopic (exact) mass is 403 g/mol. The number of hydrogen-bond acceptors (Lipinski definition) is 5. The highest BCUT2D eigenvalue weighted by Gasteiger charge is 2.16. The molecule has 0 aliphatic heterocycles. The van der Waals surface area contributed by atoms with Gasteiger partial charge in [-0.3, -0.25) is 15.1 Å². The van der Waals surface area contributed by atoms with Gasteiger partial charge in [-0.25, -0.2) is 9.97 Å². The fraction of sp³-hybridized carbons (Fsp3) is 0.182. The Labute approximate surface area is 173 Å². The SMILES string of the molecule is Cc1ccc(-n2c(C)cc(-c3csc(NC(=O)c4cnc(C)cn4)n3)c2C)cc1. The van der Waals surface area contributed by atoms with Gasteiger partial charge in [0.25, 0.3) is 5.91 Å². The van der Waals surface area contributed by atoms with Crippen molar-refractivity contribution in [2.24, 2.45) is 0 Å². The Morgan fingerprint density at radius 3 is 2.48 bits per heavy atom. The number of nitrogens with zero attached hydrogens (tertiary/aromatic N) is 4. The second-order valence-corrected chi connectivity index (χ2v) is 7.85. The number of benzene rings is 1. The van der Waals surface area contributed by atoms with Crippen LogP contribution in [0, 0.1) is 27.7 Å². The Morgan fingerprint density at radius 2 is 1.79 bits per heavy atom. The van der Waals surface area contributed by atoms with Gasteiger partial charge in [-0.2, -0.15) is 0 Å². The molecule has 4 rings (SSSR count). The highest BCUT2D eigenvalue weighted by atomic mass is 32.1. The highest BCUT2D eigenvalue weighted by molar-refractivity contribution is 7.14. The van der Waals surface area contributed by atoms with Gasteiger partial charge in [-0.1, -0.05) is 17.7 Å². The molecule has 0 saturated carbocycles. The predicted octanol–water partition coefficient (Wildman–Crippen LogP) is 4.88. The molecule has 3 aromatic heterocycles. The molecule has 1 N–H and O–H groups in total. The molecule has 0 fully saturated rings. The summed E-state index contributed by atoms with van der Waals surface area (Å²) in [4.78, 5) is 25.2. The van der Waals surface area contributed by atoms with E-state index in [2.05, 4.69) is 75.9 Å². The largest absolute Gasteiger partial charge is 0.318 e. The third kappa shape index (κ3) is 3.82. The van der Waals surface area contributed by atoms with Crippen molar-refractivity contribution in [2.75, 3.05) is 5.32 Å². The zero-order valence-corrected chi connectivity index (χ0v) is 17.5. The van der Waals surface area contributed by atoms with Crippen molar-refractivity contribution in [1.82, 2.24) is 19.5 Å². The fourth-order valence-corrected chi connectivity index (χ4v) is 3.94. The molecule has 3 heterocycles. The van der Waals surface area contributed by atoms with Crippen molar-refractivity contribution in [3.8, 4) is 16.9 Å². The lowest BCUT2D eigenvalue weighted by atomic mass is 10.2. The van der Waals surface area contributed by atoms with E-state index in [1.54, 1.807) is 6.20 Å². The smallest absolute Gasteiger partial charge is 0.277 e. The first-order chi connectivity index (χ1) is 13.9. The number of hydrogen-bond donors (Lipinski definition) is 1. The summed E-state index contributed by atoms with van der Waals surface area (Å²) in [6, 6.07) is 10.6. The molecule has 0 aliphatic rings. The molecule has 0 bridgehead atoms. The van der Waals surface area contributed by atoms with Gasteiger partial charge in [0, 0.05) is 34.2 Å². The quantitative estimate of drug-likeness (QED) is 0.527. The van der Waals surface area contributed by atoms with Gasteiger partial charge in [0.15, 0.2) is 5.13 Å². The first-order valence-electron chi connectivity index (χ1n) is 9.24. The number of anilines is 1. The van der Waals surface area contributed by atoms with Gasteiger partial charge < -0.3 is 4.57 Å². The van der Waals surface area contributed by atoms with Gasteiger partial charge in [0.1, 0.15) is 5.69 Å². The summed E-state index contributed by atoms with van der Waals surface area (Å²) in [5.41, 5.74) is 7.52. The standard InChI is InChI=1S/C22H21N5OS/c1-13-5-7-17(8-6-13)27-15(3)9-18(16(27)4)20-12-29-22(25-20)26-21(28)19-11-23-14(2)10-24-19/h5-12H,1-4H3,(H,25,26,28). The molecule has 0 spiro atoms. The first-order valence-corrected chi connectivity index (χ1v) is 10.1. The van der Waals surface area contributed by atoms with E-state index in [-0.39, 0.29) is 11.6 Å². The van der Waals surface area contributed by atoms with Crippen LogP contribution in [0.4, 0.5) is 5.13 Å². The number of aromatic nitrogens is 4. The molecule has 0 aliphatic carbocycles. The summed E-state index contributed by atoms with van der Waals surface area (Å²) in [7, 11) is 0. The molecule has 4 aromatic rings. The predicted molar refractivity (Wildman–Crippen MR) is 116 cm³/mol. The summed E-state index contributed by atoms with van der Waals surface area (Å²) < 4.78 is 2.22. The van der Waals surface area contributed by atoms with E-state index >= 15 is 0 Å². The lowest BCUT2D eigenvalue weighted by molar-refractivity contribution is 0.102. The van der Waals surface area contributed by atoms with Gasteiger partial charge in [-0.05, 0) is 45.9 Å². The van der Waals surface area contributed by atoms with Gasteiger partial charge in [0.05, 0.1) is 17.6 Å². The number of amides is 1. The maximum absolute atomic E-state index is 12.4. The number of carbonyl (C=O) groups excluding carboxylic acids is 1. The van der Waals surface area contributed by atoms with E-state index in [9.17, 15) is 4.79 Å². The molecule has 0 unspecified atom stereocenters. The molecular weight excluding hydrogens is 382 g/mol. The van der Waals surface area contributed by atoms with Crippen LogP contribution in [0.25, 0.3) is 16.9 Å². The summed E-state index contributed by atoms with van der Waals surface area (Å²) in [6.45, 7) is 8.08. The third-order valence-electron chi connectivity index (χ3n) is 4.74. The first kappa shape index (κ1) is 19.0. The van der Waals surface area contributed by atoms with E-state index in [0.717, 1.165) is 34.0 Å². The molecule has 29 heavy (non-hydrogen) atoms. The molecule has 6 nitrogen and oxygen atoms in total. The Kier molecular flexibility index (Phi) is 4.98. The minimum absolute atomic E-state index is 0.268. The summed E-state index contributed by atoms with van der Waals surface area (Å²) in [5.74, 6) is -0.316. The molecule has 1 aromatic carbocycles. The molecule has 7 heteroatoms. The topological polar surface area (TPSA) is 72.7 Å². The van der Waals surface area contributed by atoms with Gasteiger partial charge >= 0.3 is 0 Å². The minimum Gasteiger partial charge on any atom is -0.318 e. The zero-order chi connectivity index (χ0) is 20.5. The van der Waals surface area contributed by atoms with Crippen LogP contribution in [0.3, 0.4) is 0 Å². The van der Waals surface area contributed by atoms with Crippen molar-refractivity contribution in [2.45, 2.75) is 27.7 Å². The molecule has 0 atom stereocenters. The van der Waals surface area contributed by atoms with E-state index in [1.165, 1.54) is 23.1 Å². The second-order valence-electron chi connectivity index (χ2n) is 6.99. The number of nitrogens with one attached hydrogen (secondary N) is 1. The Morgan fingerprint density at radius 1 is 1.03 bits per heavy atom. The van der Waals surface area contributed by atoms with Crippen LogP contribution in [0.5, 0.6) is 0 Å². The number of thiazole rings is 1. The number of rotatable bonds is 4. The number of aryl methyl sites for hydroxylation is 3. The second kappa shape index (κ2) is 7.60. The maximum atomic E-state index is 12.4. The Hall–Kier alpha value is -3.32. The van der Waals surface area contributed by atoms with E-state index in [0.29, 0.717) is 5.13 Å². The Balaban J connectivity index is 1.60. The van der Waals surface area contributed by atoms with Crippen molar-refractivity contribution >= 4 is 22.4 Å². The highest BCUT2D eigenvalue weighted by Crippen LogP contribution is 2.31. The Bertz CT molecular complexity index is 1170. The third-order valence-corrected chi connectivity index (χ3v) is 5.50. The summed E-state index contributed by atoms with van der Waals surface area (Å²) >= 11 is 1.39. The molecular formula is C22H21N5OS. The van der Waals surface area contributed by atoms with Gasteiger partial charge in [0.2, 0.25) is 0 Å². The zero-order valence-electron chi connectivity index (χ0n) is 16.7. The van der Waals surface area contributed by atoms with Crippen LogP contribution in [-0.4, -0.2) is 25.4 Å². The van der Waals surface area contributed by atoms with E-state index in [1.807, 2.05) is 12.3 Å². The van der Waals surface area contributed by atoms with E-state index in [4.69, 9.17) is 0 Å². The molecule has 1 amide bonds. The van der Waals surface area contributed by atoms with Crippen LogP contribution in [0.15, 0.2) is 48.1 Å². The average molecular weight is 404 g/mol. The van der Waals surface area contributed by atoms with Gasteiger partial charge in [-0.15, -0.1) is 11.3 Å². The lowest BCUT2D eigenvalue weighted by Gasteiger charge is -2.10. The van der Waals surface area contributed by atoms with Crippen LogP contribution in [0.1, 0.15) is 33.1 Å². The minimum atomic E-state index is -0.316. The fourth-order valence-electron chi connectivity index (χ4n) is 3.24. The number of carbonyl (C=O) groups is 1. The van der Waals surface area contributed by atoms with E-state index < -0.39 is 0 Å². The van der Waals surface area contributed by atoms with Crippen molar-refractivity contribution in [1.29, 1.82) is 0 Å². The average Bonchev–Trinajstić information content (AvgIpc) is 3.27. The molecule has 146 valence electrons. The molecule has 0 radical (unpaired) electrons. The lowest BCUT2D eigenvalue weighted by Crippen LogP contribution is -2.13. The maximum Gasteiger partial charge on any atom is 0.277 e. The van der Waals surface area contributed by atoms with Crippen molar-refractivity contribution in [3.05, 3.63) is 76.4 Å². The normalized spacial score (nSPS) is 10.9. The van der Waals surface area contributed by atoms with Crippen molar-refractivity contribution < 1.29 is 4.79 Å². The summed E-state index contributed by atoms with van der Waals surface area (Å²) in [5, 5.41) is 5.30. The van der Waals surface area contributed by atoms with Crippen LogP contribution >= 0.6 is 11.3 Å². The summed E-state index contributed by atoms with van der Waals surface area (Å²) in [6.07, 6.45) is 3.04. The van der Waals surface area contributed by atoms with Crippen molar-refractivity contribution in [3.63, 3.8) is 0 Å². The van der Waals surface area contributed by atoms with Crippen LogP contribution in [-0.2, 0) is 0 Å². The van der Waals surface area contributed by atoms with Crippen LogP contribution in [0.2, 0.25) is 0 Å². The molecule has 0 saturated heterocycles.